The smallest absolute Gasteiger partial charge is 0.277 e. The molecule has 9 heteroatoms. The molecule has 0 aliphatic heterocycles. The van der Waals surface area contributed by atoms with E-state index in [0.29, 0.717) is 13.1 Å². The number of nitrogens with two attached hydrogens (primary N) is 1. The molecule has 0 spiro atoms. The van der Waals surface area contributed by atoms with E-state index in [4.69, 9.17) is 17.3 Å². The fourth-order valence-electron chi connectivity index (χ4n) is 1.87. The molecule has 2 rings (SSSR count). The van der Waals surface area contributed by atoms with Crippen LogP contribution in [0.1, 0.15) is 34.8 Å². The van der Waals surface area contributed by atoms with E-state index in [1.807, 2.05) is 13.8 Å². The fourth-order valence-corrected chi connectivity index (χ4v) is 2.11. The molecule has 0 fully saturated rings. The molecule has 21 heavy (non-hydrogen) atoms. The Bertz CT molecular complexity index is 690. The summed E-state index contributed by atoms with van der Waals surface area (Å²) in [4.78, 5) is 23.6. The highest BCUT2D eigenvalue weighted by atomic mass is 35.5. The number of hydrogen-bond acceptors (Lipinski definition) is 4. The van der Waals surface area contributed by atoms with Gasteiger partial charge in [-0.2, -0.15) is 10.2 Å². The number of rotatable bonds is 5. The van der Waals surface area contributed by atoms with E-state index in [-0.39, 0.29) is 22.1 Å². The topological polar surface area (TPSA) is 108 Å². The molecule has 2 aromatic rings. The van der Waals surface area contributed by atoms with Crippen LogP contribution in [0.3, 0.4) is 0 Å². The normalized spacial score (nSPS) is 10.6. The summed E-state index contributed by atoms with van der Waals surface area (Å²) in [5.41, 5.74) is 5.76. The Morgan fingerprint density at radius 1 is 1.38 bits per heavy atom. The van der Waals surface area contributed by atoms with E-state index >= 15 is 0 Å². The van der Waals surface area contributed by atoms with Crippen molar-refractivity contribution in [1.82, 2.24) is 19.6 Å². The maximum absolute atomic E-state index is 12.2. The van der Waals surface area contributed by atoms with Crippen LogP contribution in [0, 0.1) is 0 Å². The Balaban J connectivity index is 2.29. The number of carbonyl (C=O) groups is 2. The molecule has 0 unspecified atom stereocenters. The zero-order chi connectivity index (χ0) is 15.6. The lowest BCUT2D eigenvalue weighted by Gasteiger charge is -2.05. The Kier molecular flexibility index (Phi) is 4.27. The highest BCUT2D eigenvalue weighted by molar-refractivity contribution is 6.34. The van der Waals surface area contributed by atoms with Crippen LogP contribution in [0.15, 0.2) is 12.4 Å². The minimum Gasteiger partial charge on any atom is -0.364 e. The number of hydrogen-bond donors (Lipinski definition) is 2. The minimum absolute atomic E-state index is 0.0817. The summed E-state index contributed by atoms with van der Waals surface area (Å²) in [5, 5.41) is 10.8. The quantitative estimate of drug-likeness (QED) is 0.862. The van der Waals surface area contributed by atoms with Crippen LogP contribution in [0.5, 0.6) is 0 Å². The van der Waals surface area contributed by atoms with Crippen LogP contribution >= 0.6 is 11.6 Å². The highest BCUT2D eigenvalue weighted by Crippen LogP contribution is 2.19. The molecule has 2 aromatic heterocycles. The van der Waals surface area contributed by atoms with Crippen molar-refractivity contribution in [2.75, 3.05) is 5.32 Å². The molecule has 0 saturated heterocycles. The first-order valence-electron chi connectivity index (χ1n) is 6.37. The van der Waals surface area contributed by atoms with Crippen molar-refractivity contribution in [2.24, 2.45) is 5.73 Å². The highest BCUT2D eigenvalue weighted by Gasteiger charge is 2.21. The second kappa shape index (κ2) is 5.96. The number of anilines is 1. The first-order chi connectivity index (χ1) is 9.97. The number of halogens is 1. The molecule has 0 atom stereocenters. The van der Waals surface area contributed by atoms with Crippen molar-refractivity contribution in [3.8, 4) is 0 Å². The standard InChI is InChI=1S/C12H15ClN6O2/c1-3-18-6-7(13)9(17-18)12(21)16-8-5-15-19(4-2)10(8)11(14)20/h5-6H,3-4H2,1-2H3,(H2,14,20)(H,16,21). The molecule has 0 saturated carbocycles. The Hall–Kier alpha value is -2.35. The first kappa shape index (κ1) is 15.0. The van der Waals surface area contributed by atoms with Crippen molar-refractivity contribution >= 4 is 29.1 Å². The van der Waals surface area contributed by atoms with Crippen LogP contribution in [0.4, 0.5) is 5.69 Å². The van der Waals surface area contributed by atoms with Gasteiger partial charge in [-0.3, -0.25) is 19.0 Å². The predicted octanol–water partition coefficient (Wildman–Crippen LogP) is 1.12. The van der Waals surface area contributed by atoms with Crippen LogP contribution in [0.2, 0.25) is 5.02 Å². The second-order valence-corrected chi connectivity index (χ2v) is 4.63. The average molecular weight is 311 g/mol. The molecule has 2 amide bonds. The summed E-state index contributed by atoms with van der Waals surface area (Å²) in [7, 11) is 0. The lowest BCUT2D eigenvalue weighted by atomic mass is 10.3. The predicted molar refractivity (Wildman–Crippen MR) is 77.3 cm³/mol. The van der Waals surface area contributed by atoms with Crippen LogP contribution < -0.4 is 11.1 Å². The molecule has 0 aromatic carbocycles. The fraction of sp³-hybridized carbons (Fsp3) is 0.333. The Morgan fingerprint density at radius 2 is 2.10 bits per heavy atom. The van der Waals surface area contributed by atoms with Gasteiger partial charge in [-0.25, -0.2) is 0 Å². The van der Waals surface area contributed by atoms with Gasteiger partial charge in [0.2, 0.25) is 0 Å². The first-order valence-corrected chi connectivity index (χ1v) is 6.75. The van der Waals surface area contributed by atoms with Gasteiger partial charge in [0, 0.05) is 19.3 Å². The molecular weight excluding hydrogens is 296 g/mol. The second-order valence-electron chi connectivity index (χ2n) is 4.22. The lowest BCUT2D eigenvalue weighted by molar-refractivity contribution is 0.0991. The van der Waals surface area contributed by atoms with Gasteiger partial charge >= 0.3 is 0 Å². The molecule has 2 heterocycles. The maximum atomic E-state index is 12.2. The number of nitrogens with one attached hydrogen (secondary N) is 1. The van der Waals surface area contributed by atoms with E-state index in [2.05, 4.69) is 15.5 Å². The molecule has 3 N–H and O–H groups in total. The van der Waals surface area contributed by atoms with Gasteiger partial charge in [-0.15, -0.1) is 0 Å². The monoisotopic (exact) mass is 310 g/mol. The molecule has 0 aliphatic rings. The summed E-state index contributed by atoms with van der Waals surface area (Å²) < 4.78 is 2.95. The number of aryl methyl sites for hydroxylation is 2. The molecular formula is C12H15ClN6O2. The zero-order valence-electron chi connectivity index (χ0n) is 11.6. The van der Waals surface area contributed by atoms with Crippen molar-refractivity contribution in [1.29, 1.82) is 0 Å². The Labute approximate surface area is 125 Å². The van der Waals surface area contributed by atoms with Gasteiger partial charge in [0.25, 0.3) is 11.8 Å². The third kappa shape index (κ3) is 2.89. The summed E-state index contributed by atoms with van der Waals surface area (Å²) >= 11 is 5.96. The summed E-state index contributed by atoms with van der Waals surface area (Å²) in [5.74, 6) is -1.19. The van der Waals surface area contributed by atoms with Gasteiger partial charge < -0.3 is 11.1 Å². The molecule has 0 bridgehead atoms. The maximum Gasteiger partial charge on any atom is 0.277 e. The van der Waals surface area contributed by atoms with Gasteiger partial charge in [0.1, 0.15) is 5.69 Å². The molecule has 0 aliphatic carbocycles. The van der Waals surface area contributed by atoms with Crippen LogP contribution in [-0.2, 0) is 13.1 Å². The van der Waals surface area contributed by atoms with E-state index in [0.717, 1.165) is 0 Å². The van der Waals surface area contributed by atoms with Gasteiger partial charge in [-0.05, 0) is 13.8 Å². The van der Waals surface area contributed by atoms with Crippen LogP contribution in [0.25, 0.3) is 0 Å². The number of aromatic nitrogens is 4. The van der Waals surface area contributed by atoms with Gasteiger partial charge in [0.05, 0.1) is 16.9 Å². The molecule has 112 valence electrons. The minimum atomic E-state index is -0.671. The zero-order valence-corrected chi connectivity index (χ0v) is 12.4. The number of nitrogens with zero attached hydrogens (tertiary/aromatic N) is 4. The van der Waals surface area contributed by atoms with Gasteiger partial charge in [0.15, 0.2) is 5.69 Å². The largest absolute Gasteiger partial charge is 0.364 e. The average Bonchev–Trinajstić information content (AvgIpc) is 3.01. The van der Waals surface area contributed by atoms with E-state index < -0.39 is 11.8 Å². The summed E-state index contributed by atoms with van der Waals surface area (Å²) in [6.07, 6.45) is 2.92. The van der Waals surface area contributed by atoms with Crippen molar-refractivity contribution in [3.05, 3.63) is 28.8 Å². The number of amides is 2. The van der Waals surface area contributed by atoms with E-state index in [9.17, 15) is 9.59 Å². The van der Waals surface area contributed by atoms with Crippen molar-refractivity contribution < 1.29 is 9.59 Å². The van der Waals surface area contributed by atoms with Gasteiger partial charge in [-0.1, -0.05) is 11.6 Å². The lowest BCUT2D eigenvalue weighted by Crippen LogP contribution is -2.21. The van der Waals surface area contributed by atoms with E-state index in [1.165, 1.54) is 10.9 Å². The van der Waals surface area contributed by atoms with Crippen molar-refractivity contribution in [3.63, 3.8) is 0 Å². The van der Waals surface area contributed by atoms with Crippen molar-refractivity contribution in [2.45, 2.75) is 26.9 Å². The number of carbonyl (C=O) groups excluding carboxylic acids is 2. The Morgan fingerprint density at radius 3 is 2.62 bits per heavy atom. The molecule has 8 nitrogen and oxygen atoms in total. The SMILES string of the molecule is CCn1cc(Cl)c(C(=O)Nc2cnn(CC)c2C(N)=O)n1. The summed E-state index contributed by atoms with van der Waals surface area (Å²) in [6.45, 7) is 4.74. The third-order valence-corrected chi connectivity index (χ3v) is 3.15. The van der Waals surface area contributed by atoms with Crippen LogP contribution in [-0.4, -0.2) is 31.4 Å². The number of primary amides is 1. The van der Waals surface area contributed by atoms with E-state index in [1.54, 1.807) is 10.9 Å². The summed E-state index contributed by atoms with van der Waals surface area (Å²) in [6, 6.07) is 0. The molecule has 0 radical (unpaired) electrons. The third-order valence-electron chi connectivity index (χ3n) is 2.88.